The summed E-state index contributed by atoms with van der Waals surface area (Å²) in [5.74, 6) is 0.540. The van der Waals surface area contributed by atoms with Crippen LogP contribution >= 0.6 is 0 Å². The third-order valence-electron chi connectivity index (χ3n) is 6.40. The number of phenols is 2. The molecule has 1 aliphatic rings. The highest BCUT2D eigenvalue weighted by Crippen LogP contribution is 2.25. The van der Waals surface area contributed by atoms with Gasteiger partial charge in [0.05, 0.1) is 12.5 Å². The Kier molecular flexibility index (Phi) is 8.75. The van der Waals surface area contributed by atoms with Crippen LogP contribution in [0, 0.1) is 5.92 Å². The van der Waals surface area contributed by atoms with Crippen molar-refractivity contribution in [2.75, 3.05) is 13.1 Å². The highest BCUT2D eigenvalue weighted by atomic mass is 16.3. The van der Waals surface area contributed by atoms with E-state index >= 15 is 0 Å². The Labute approximate surface area is 197 Å². The quantitative estimate of drug-likeness (QED) is 0.374. The summed E-state index contributed by atoms with van der Waals surface area (Å²) in [7, 11) is 0. The Morgan fingerprint density at radius 3 is 2.39 bits per heavy atom. The van der Waals surface area contributed by atoms with Gasteiger partial charge in [0.2, 0.25) is 5.91 Å². The van der Waals surface area contributed by atoms with Gasteiger partial charge in [-0.05, 0) is 67.9 Å². The molecule has 180 valence electrons. The zero-order valence-corrected chi connectivity index (χ0v) is 19.8. The molecule has 0 aliphatic heterocycles. The van der Waals surface area contributed by atoms with Crippen molar-refractivity contribution in [3.05, 3.63) is 59.2 Å². The highest BCUT2D eigenvalue weighted by molar-refractivity contribution is 5.78. The van der Waals surface area contributed by atoms with Crippen molar-refractivity contribution < 1.29 is 20.1 Å². The summed E-state index contributed by atoms with van der Waals surface area (Å²) in [6.45, 7) is 5.18. The second kappa shape index (κ2) is 11.5. The molecular weight excluding hydrogens is 416 g/mol. The third kappa shape index (κ3) is 8.37. The first kappa shape index (κ1) is 25.1. The monoisotopic (exact) mass is 454 g/mol. The number of phenolic OH excluding ortho intramolecular Hbond substituents is 2. The van der Waals surface area contributed by atoms with Crippen molar-refractivity contribution in [3.63, 3.8) is 0 Å². The van der Waals surface area contributed by atoms with Crippen LogP contribution in [0.1, 0.15) is 68.7 Å². The summed E-state index contributed by atoms with van der Waals surface area (Å²) in [6, 6.07) is 12.2. The number of β-amino-alcohol motifs (C(OH)–C–C–N with tert-alkyl or cyclic N) is 1. The van der Waals surface area contributed by atoms with Crippen LogP contribution in [-0.4, -0.2) is 39.9 Å². The first-order valence-electron chi connectivity index (χ1n) is 12.0. The standard InChI is InChI=1S/C27H38N2O4/c1-27(2,29-18-25(32)22-13-23(30)15-24(31)14-22)16-21-10-6-9-20(11-21)12-26(33)28-17-19-7-4-3-5-8-19/h6,9-11,13-15,19,25,29-32H,3-5,7-8,12,16-18H2,1-2H3,(H,28,33). The molecule has 1 aliphatic carbocycles. The fraction of sp³-hybridized carbons (Fsp3) is 0.519. The van der Waals surface area contributed by atoms with Crippen molar-refractivity contribution in [1.82, 2.24) is 10.6 Å². The number of hydrogen-bond acceptors (Lipinski definition) is 5. The third-order valence-corrected chi connectivity index (χ3v) is 6.40. The molecule has 0 bridgehead atoms. The van der Waals surface area contributed by atoms with Crippen LogP contribution in [0.15, 0.2) is 42.5 Å². The molecule has 1 saturated carbocycles. The molecule has 5 N–H and O–H groups in total. The van der Waals surface area contributed by atoms with E-state index in [0.29, 0.717) is 17.9 Å². The Morgan fingerprint density at radius 2 is 1.70 bits per heavy atom. The number of aromatic hydroxyl groups is 2. The zero-order valence-electron chi connectivity index (χ0n) is 19.8. The molecule has 0 spiro atoms. The van der Waals surface area contributed by atoms with Crippen LogP contribution in [0.3, 0.4) is 0 Å². The van der Waals surface area contributed by atoms with Gasteiger partial charge in [-0.2, -0.15) is 0 Å². The van der Waals surface area contributed by atoms with E-state index in [1.165, 1.54) is 50.3 Å². The molecule has 6 heteroatoms. The van der Waals surface area contributed by atoms with E-state index in [1.807, 2.05) is 12.1 Å². The van der Waals surface area contributed by atoms with Crippen LogP contribution < -0.4 is 10.6 Å². The molecule has 0 radical (unpaired) electrons. The number of benzene rings is 2. The average molecular weight is 455 g/mol. The molecule has 1 amide bonds. The summed E-state index contributed by atoms with van der Waals surface area (Å²) in [4.78, 5) is 12.4. The van der Waals surface area contributed by atoms with Gasteiger partial charge >= 0.3 is 0 Å². The fourth-order valence-electron chi connectivity index (χ4n) is 4.62. The molecular formula is C27H38N2O4. The minimum Gasteiger partial charge on any atom is -0.508 e. The van der Waals surface area contributed by atoms with Crippen LogP contribution in [0.5, 0.6) is 11.5 Å². The zero-order chi connectivity index (χ0) is 23.8. The maximum absolute atomic E-state index is 12.4. The number of nitrogens with one attached hydrogen (secondary N) is 2. The van der Waals surface area contributed by atoms with Crippen molar-refractivity contribution in [3.8, 4) is 11.5 Å². The van der Waals surface area contributed by atoms with Gasteiger partial charge in [-0.15, -0.1) is 0 Å². The minimum absolute atomic E-state index is 0.0765. The van der Waals surface area contributed by atoms with Gasteiger partial charge in [0, 0.05) is 24.7 Å². The second-order valence-electron chi connectivity index (χ2n) is 10.0. The summed E-state index contributed by atoms with van der Waals surface area (Å²) < 4.78 is 0. The van der Waals surface area contributed by atoms with E-state index in [0.717, 1.165) is 24.1 Å². The maximum atomic E-state index is 12.4. The Hall–Kier alpha value is -2.57. The molecule has 2 aromatic rings. The fourth-order valence-corrected chi connectivity index (χ4v) is 4.62. The molecule has 0 saturated heterocycles. The molecule has 0 aromatic heterocycles. The summed E-state index contributed by atoms with van der Waals surface area (Å²) in [6.07, 6.45) is 6.57. The molecule has 1 fully saturated rings. The van der Waals surface area contributed by atoms with Gasteiger partial charge in [-0.25, -0.2) is 0 Å². The molecule has 33 heavy (non-hydrogen) atoms. The number of aliphatic hydroxyl groups is 1. The molecule has 2 aromatic carbocycles. The van der Waals surface area contributed by atoms with Gasteiger partial charge in [-0.3, -0.25) is 4.79 Å². The molecule has 0 heterocycles. The van der Waals surface area contributed by atoms with Gasteiger partial charge < -0.3 is 26.0 Å². The lowest BCUT2D eigenvalue weighted by atomic mass is 9.89. The Balaban J connectivity index is 1.49. The van der Waals surface area contributed by atoms with Crippen LogP contribution in [0.4, 0.5) is 0 Å². The van der Waals surface area contributed by atoms with E-state index in [1.54, 1.807) is 0 Å². The first-order valence-corrected chi connectivity index (χ1v) is 12.0. The SMILES string of the molecule is CC(C)(Cc1cccc(CC(=O)NCC2CCCCC2)c1)NCC(O)c1cc(O)cc(O)c1. The van der Waals surface area contributed by atoms with Gasteiger partial charge in [0.25, 0.3) is 0 Å². The first-order chi connectivity index (χ1) is 15.7. The Bertz CT molecular complexity index is 902. The largest absolute Gasteiger partial charge is 0.508 e. The van der Waals surface area contributed by atoms with E-state index < -0.39 is 6.10 Å². The number of carbonyl (C=O) groups is 1. The Morgan fingerprint density at radius 1 is 1.03 bits per heavy atom. The topological polar surface area (TPSA) is 102 Å². The minimum atomic E-state index is -0.860. The summed E-state index contributed by atoms with van der Waals surface area (Å²) in [5, 5.41) is 36.2. The lowest BCUT2D eigenvalue weighted by Gasteiger charge is -2.28. The predicted molar refractivity (Wildman–Crippen MR) is 130 cm³/mol. The molecule has 1 unspecified atom stereocenters. The van der Waals surface area contributed by atoms with E-state index in [-0.39, 0.29) is 29.5 Å². The van der Waals surface area contributed by atoms with Crippen molar-refractivity contribution >= 4 is 5.91 Å². The summed E-state index contributed by atoms with van der Waals surface area (Å²) >= 11 is 0. The van der Waals surface area contributed by atoms with E-state index in [2.05, 4.69) is 36.6 Å². The average Bonchev–Trinajstić information content (AvgIpc) is 2.76. The van der Waals surface area contributed by atoms with E-state index in [9.17, 15) is 20.1 Å². The van der Waals surface area contributed by atoms with Gasteiger partial charge in [0.1, 0.15) is 11.5 Å². The van der Waals surface area contributed by atoms with Crippen molar-refractivity contribution in [1.29, 1.82) is 0 Å². The van der Waals surface area contributed by atoms with Gasteiger partial charge in [0.15, 0.2) is 0 Å². The van der Waals surface area contributed by atoms with Crippen LogP contribution in [-0.2, 0) is 17.6 Å². The van der Waals surface area contributed by atoms with Crippen LogP contribution in [0.25, 0.3) is 0 Å². The second-order valence-corrected chi connectivity index (χ2v) is 10.0. The number of rotatable bonds is 10. The molecule has 3 rings (SSSR count). The molecule has 6 nitrogen and oxygen atoms in total. The van der Waals surface area contributed by atoms with Crippen molar-refractivity contribution in [2.24, 2.45) is 5.92 Å². The van der Waals surface area contributed by atoms with Crippen molar-refractivity contribution in [2.45, 2.75) is 70.4 Å². The number of amides is 1. The van der Waals surface area contributed by atoms with Gasteiger partial charge in [-0.1, -0.05) is 43.5 Å². The molecule has 1 atom stereocenters. The predicted octanol–water partition coefficient (Wildman–Crippen LogP) is 3.98. The van der Waals surface area contributed by atoms with E-state index in [4.69, 9.17) is 0 Å². The lowest BCUT2D eigenvalue weighted by Crippen LogP contribution is -2.43. The van der Waals surface area contributed by atoms with Crippen LogP contribution in [0.2, 0.25) is 0 Å². The lowest BCUT2D eigenvalue weighted by molar-refractivity contribution is -0.120. The highest BCUT2D eigenvalue weighted by Gasteiger charge is 2.21. The normalized spacial score (nSPS) is 15.8. The number of aliphatic hydroxyl groups excluding tert-OH is 1. The smallest absolute Gasteiger partial charge is 0.224 e. The number of hydrogen-bond donors (Lipinski definition) is 5. The maximum Gasteiger partial charge on any atom is 0.224 e. The number of carbonyl (C=O) groups excluding carboxylic acids is 1. The summed E-state index contributed by atoms with van der Waals surface area (Å²) in [5.41, 5.74) is 2.27.